The number of amides is 2. The first kappa shape index (κ1) is 27.2. The second-order valence-electron chi connectivity index (χ2n) is 8.08. The first-order valence-corrected chi connectivity index (χ1v) is 13.1. The van der Waals surface area contributed by atoms with E-state index in [0.717, 1.165) is 28.5 Å². The van der Waals surface area contributed by atoms with Crippen LogP contribution in [0.5, 0.6) is 5.75 Å². The van der Waals surface area contributed by atoms with E-state index in [-0.39, 0.29) is 33.2 Å². The number of primary amides is 1. The fourth-order valence-corrected chi connectivity index (χ4v) is 5.33. The lowest BCUT2D eigenvalue weighted by atomic mass is 10.1. The van der Waals surface area contributed by atoms with Crippen LogP contribution in [0.1, 0.15) is 57.8 Å². The highest BCUT2D eigenvalue weighted by Gasteiger charge is 2.26. The van der Waals surface area contributed by atoms with Gasteiger partial charge in [0.05, 0.1) is 29.4 Å². The summed E-state index contributed by atoms with van der Waals surface area (Å²) >= 11 is 2.19. The Balaban J connectivity index is 1.71. The van der Waals surface area contributed by atoms with Gasteiger partial charge in [-0.05, 0) is 51.0 Å². The number of nitrogens with two attached hydrogens (primary N) is 1. The van der Waals surface area contributed by atoms with E-state index in [1.165, 1.54) is 11.8 Å². The molecule has 192 valence electrons. The van der Waals surface area contributed by atoms with E-state index in [1.54, 1.807) is 27.9 Å². The number of hydrogen-bond donors (Lipinski definition) is 2. The number of thiophene rings is 1. The summed E-state index contributed by atoms with van der Waals surface area (Å²) in [6.45, 7) is 7.66. The second kappa shape index (κ2) is 12.0. The number of esters is 1. The molecule has 0 aliphatic heterocycles. The molecule has 0 saturated carbocycles. The van der Waals surface area contributed by atoms with Gasteiger partial charge in [0.2, 0.25) is 5.91 Å². The molecule has 0 spiro atoms. The second-order valence-corrected chi connectivity index (χ2v) is 10.0. The molecule has 2 amide bonds. The lowest BCUT2D eigenvalue weighted by Gasteiger charge is -2.10. The lowest BCUT2D eigenvalue weighted by Crippen LogP contribution is -2.18. The summed E-state index contributed by atoms with van der Waals surface area (Å²) in [4.78, 5) is 37.4. The summed E-state index contributed by atoms with van der Waals surface area (Å²) in [5.41, 5.74) is 7.03. The Hall–Kier alpha value is -3.38. The number of anilines is 1. The Morgan fingerprint density at radius 1 is 1.19 bits per heavy atom. The molecule has 36 heavy (non-hydrogen) atoms. The normalized spacial score (nSPS) is 10.9. The van der Waals surface area contributed by atoms with Crippen molar-refractivity contribution in [1.29, 1.82) is 0 Å². The Bertz CT molecular complexity index is 1250. The predicted octanol–water partition coefficient (Wildman–Crippen LogP) is 3.66. The van der Waals surface area contributed by atoms with Crippen LogP contribution in [-0.4, -0.2) is 51.5 Å². The minimum absolute atomic E-state index is 0.0300. The van der Waals surface area contributed by atoms with Gasteiger partial charge >= 0.3 is 5.97 Å². The van der Waals surface area contributed by atoms with Crippen LogP contribution in [0.3, 0.4) is 0 Å². The van der Waals surface area contributed by atoms with Crippen LogP contribution in [-0.2, 0) is 22.5 Å². The molecule has 3 rings (SSSR count). The average molecular weight is 532 g/mol. The fourth-order valence-electron chi connectivity index (χ4n) is 3.45. The minimum atomic E-state index is -0.675. The van der Waals surface area contributed by atoms with Crippen LogP contribution in [0.25, 0.3) is 0 Å². The highest BCUT2D eigenvalue weighted by Crippen LogP contribution is 2.34. The number of benzene rings is 1. The molecule has 0 aliphatic rings. The van der Waals surface area contributed by atoms with E-state index in [9.17, 15) is 14.4 Å². The third-order valence-electron chi connectivity index (χ3n) is 5.13. The molecule has 3 N–H and O–H groups in total. The molecule has 2 aromatic heterocycles. The van der Waals surface area contributed by atoms with Gasteiger partial charge in [-0.3, -0.25) is 9.59 Å². The molecule has 0 atom stereocenters. The maximum atomic E-state index is 12.8. The van der Waals surface area contributed by atoms with Gasteiger partial charge in [-0.15, -0.1) is 21.5 Å². The van der Waals surface area contributed by atoms with Crippen LogP contribution in [0, 0.1) is 6.92 Å². The number of nitrogens with one attached hydrogen (secondary N) is 1. The van der Waals surface area contributed by atoms with Crippen LogP contribution in [0.2, 0.25) is 0 Å². The number of thioether (sulfide) groups is 1. The number of nitrogens with zero attached hydrogens (tertiary/aromatic N) is 3. The molecule has 0 saturated heterocycles. The summed E-state index contributed by atoms with van der Waals surface area (Å²) < 4.78 is 12.4. The van der Waals surface area contributed by atoms with Gasteiger partial charge in [-0.25, -0.2) is 4.79 Å². The zero-order chi connectivity index (χ0) is 26.4. The topological polar surface area (TPSA) is 138 Å². The summed E-state index contributed by atoms with van der Waals surface area (Å²) in [5, 5.41) is 12.1. The van der Waals surface area contributed by atoms with Crippen LogP contribution < -0.4 is 15.8 Å². The molecule has 0 fully saturated rings. The molecule has 0 bridgehead atoms. The van der Waals surface area contributed by atoms with E-state index in [2.05, 4.69) is 15.5 Å². The zero-order valence-electron chi connectivity index (χ0n) is 20.8. The number of hydrogen-bond acceptors (Lipinski definition) is 9. The van der Waals surface area contributed by atoms with E-state index in [0.29, 0.717) is 23.7 Å². The molecule has 3 aromatic rings. The third-order valence-corrected chi connectivity index (χ3v) is 7.32. The Labute approximate surface area is 217 Å². The lowest BCUT2D eigenvalue weighted by molar-refractivity contribution is -0.113. The van der Waals surface area contributed by atoms with Gasteiger partial charge in [0.25, 0.3) is 5.91 Å². The highest BCUT2D eigenvalue weighted by atomic mass is 32.2. The number of aromatic nitrogens is 3. The average Bonchev–Trinajstić information content (AvgIpc) is 3.37. The summed E-state index contributed by atoms with van der Waals surface area (Å²) in [5.74, 6) is -0.0677. The van der Waals surface area contributed by atoms with Gasteiger partial charge in [0.15, 0.2) is 5.16 Å². The highest BCUT2D eigenvalue weighted by molar-refractivity contribution is 7.99. The van der Waals surface area contributed by atoms with E-state index in [4.69, 9.17) is 15.2 Å². The Kier molecular flexibility index (Phi) is 9.10. The summed E-state index contributed by atoms with van der Waals surface area (Å²) in [6.07, 6.45) is 0.226. The Morgan fingerprint density at radius 2 is 1.89 bits per heavy atom. The quantitative estimate of drug-likeness (QED) is 0.282. The van der Waals surface area contributed by atoms with Crippen molar-refractivity contribution >= 4 is 45.9 Å². The number of carbonyl (C=O) groups excluding carboxylic acids is 3. The van der Waals surface area contributed by atoms with Gasteiger partial charge in [-0.2, -0.15) is 0 Å². The van der Waals surface area contributed by atoms with Crippen LogP contribution in [0.15, 0.2) is 29.4 Å². The van der Waals surface area contributed by atoms with Gasteiger partial charge in [0, 0.05) is 13.0 Å². The molecule has 12 heteroatoms. The van der Waals surface area contributed by atoms with Crippen molar-refractivity contribution in [3.63, 3.8) is 0 Å². The molecule has 0 radical (unpaired) electrons. The summed E-state index contributed by atoms with van der Waals surface area (Å²) in [6, 6.07) is 7.73. The predicted molar refractivity (Wildman–Crippen MR) is 139 cm³/mol. The van der Waals surface area contributed by atoms with Crippen molar-refractivity contribution in [3.8, 4) is 5.75 Å². The van der Waals surface area contributed by atoms with Crippen molar-refractivity contribution < 1.29 is 23.9 Å². The first-order chi connectivity index (χ1) is 17.1. The first-order valence-electron chi connectivity index (χ1n) is 11.3. The standard InChI is InChI=1S/C24H29N5O5S2/c1-6-29-17(11-15-7-9-16(33-5)10-8-15)27-28-24(29)35-12-18(30)26-22-19(23(32)34-13(2)3)14(4)20(36-22)21(25)31/h7-10,13H,6,11-12H2,1-5H3,(H2,25,31)(H,26,30). The smallest absolute Gasteiger partial charge is 0.341 e. The van der Waals surface area contributed by atoms with Crippen molar-refractivity contribution in [3.05, 3.63) is 51.7 Å². The number of ether oxygens (including phenoxy) is 2. The largest absolute Gasteiger partial charge is 0.497 e. The van der Waals surface area contributed by atoms with E-state index < -0.39 is 11.9 Å². The van der Waals surface area contributed by atoms with Crippen molar-refractivity contribution in [2.45, 2.75) is 51.9 Å². The van der Waals surface area contributed by atoms with Crippen molar-refractivity contribution in [1.82, 2.24) is 14.8 Å². The maximum Gasteiger partial charge on any atom is 0.341 e. The molecule has 0 aliphatic carbocycles. The van der Waals surface area contributed by atoms with Gasteiger partial charge < -0.3 is 25.1 Å². The van der Waals surface area contributed by atoms with Gasteiger partial charge in [-0.1, -0.05) is 23.9 Å². The third kappa shape index (κ3) is 6.43. The monoisotopic (exact) mass is 531 g/mol. The van der Waals surface area contributed by atoms with Crippen molar-refractivity contribution in [2.75, 3.05) is 18.2 Å². The molecule has 2 heterocycles. The molecular formula is C24H29N5O5S2. The zero-order valence-corrected chi connectivity index (χ0v) is 22.4. The molecular weight excluding hydrogens is 502 g/mol. The minimum Gasteiger partial charge on any atom is -0.497 e. The number of carbonyl (C=O) groups is 3. The number of rotatable bonds is 11. The number of methoxy groups -OCH3 is 1. The maximum absolute atomic E-state index is 12.8. The Morgan fingerprint density at radius 3 is 2.47 bits per heavy atom. The molecule has 0 unspecified atom stereocenters. The summed E-state index contributed by atoms with van der Waals surface area (Å²) in [7, 11) is 1.62. The fraction of sp³-hybridized carbons (Fsp3) is 0.375. The van der Waals surface area contributed by atoms with Crippen LogP contribution >= 0.6 is 23.1 Å². The van der Waals surface area contributed by atoms with Crippen molar-refractivity contribution in [2.24, 2.45) is 5.73 Å². The molecule has 10 nitrogen and oxygen atoms in total. The van der Waals surface area contributed by atoms with E-state index >= 15 is 0 Å². The SMILES string of the molecule is CCn1c(Cc2ccc(OC)cc2)nnc1SCC(=O)Nc1sc(C(N)=O)c(C)c1C(=O)OC(C)C. The molecule has 1 aromatic carbocycles. The van der Waals surface area contributed by atoms with Crippen LogP contribution in [0.4, 0.5) is 5.00 Å². The van der Waals surface area contributed by atoms with Gasteiger partial charge in [0.1, 0.15) is 16.6 Å². The van der Waals surface area contributed by atoms with E-state index in [1.807, 2.05) is 35.8 Å².